The zero-order valence-corrected chi connectivity index (χ0v) is 69.4. The maximum Gasteiger partial charge on any atom is 0.220 e. The van der Waals surface area contributed by atoms with E-state index >= 15 is 0 Å². The largest absolute Gasteiger partial charge is 0.394 e. The molecule has 19 heteroatoms. The number of rotatable bonds is 77. The molecule has 108 heavy (non-hydrogen) atoms. The number of aliphatic hydroxyl groups is 11. The van der Waals surface area contributed by atoms with Gasteiger partial charge in [-0.15, -0.1) is 0 Å². The zero-order chi connectivity index (χ0) is 78.1. The monoisotopic (exact) mass is 1540 g/mol. The summed E-state index contributed by atoms with van der Waals surface area (Å²) in [5.74, 6) is -0.230. The van der Waals surface area contributed by atoms with Crippen LogP contribution in [0.1, 0.15) is 431 Å². The Bertz CT molecular complexity index is 1940. The Morgan fingerprint density at radius 2 is 0.528 bits per heavy atom. The fourth-order valence-electron chi connectivity index (χ4n) is 16.3. The van der Waals surface area contributed by atoms with E-state index in [1.165, 1.54) is 353 Å². The average Bonchev–Trinajstić information content (AvgIpc) is 0.779. The lowest BCUT2D eigenvalue weighted by Crippen LogP contribution is -2.66. The summed E-state index contributed by atoms with van der Waals surface area (Å²) in [6.07, 6.45) is 58.0. The standard InChI is InChI=1S/C89H173NO18/c1-3-5-7-9-11-13-15-17-19-21-23-25-27-29-31-33-35-37-39-41-43-45-47-49-51-53-55-57-59-61-63-65-67-77(95)90-72(73(94)66-64-62-60-58-56-54-52-50-48-46-44-42-40-38-36-34-32-30-28-26-24-22-20-18-16-14-12-10-8-6-4-2)71-103-87-83(101)80(98)85(75(69-92)105-87)108-89-84(102)81(99)86(76(70-93)106-89)107-88-82(100)79(97)78(96)74(68-91)104-88/h72-76,78-89,91-94,96-102H,3-71H2,1-2H3,(H,90,95). The minimum Gasteiger partial charge on any atom is -0.394 e. The maximum atomic E-state index is 13.5. The molecule has 3 aliphatic rings. The lowest BCUT2D eigenvalue weighted by atomic mass is 9.96. The molecule has 0 saturated carbocycles. The molecule has 642 valence electrons. The van der Waals surface area contributed by atoms with Gasteiger partial charge in [-0.1, -0.05) is 412 Å². The third kappa shape index (κ3) is 48.4. The van der Waals surface area contributed by atoms with E-state index in [0.717, 1.165) is 44.9 Å². The smallest absolute Gasteiger partial charge is 0.220 e. The van der Waals surface area contributed by atoms with Gasteiger partial charge in [0, 0.05) is 6.42 Å². The molecule has 3 rings (SSSR count). The molecule has 0 bridgehead atoms. The molecule has 0 aromatic heterocycles. The highest BCUT2D eigenvalue weighted by atomic mass is 16.8. The van der Waals surface area contributed by atoms with Crippen molar-refractivity contribution >= 4 is 5.91 Å². The van der Waals surface area contributed by atoms with E-state index in [1.54, 1.807) is 0 Å². The van der Waals surface area contributed by atoms with E-state index in [4.69, 9.17) is 28.4 Å². The van der Waals surface area contributed by atoms with Crippen LogP contribution in [0.2, 0.25) is 0 Å². The number of amides is 1. The molecule has 0 spiro atoms. The summed E-state index contributed by atoms with van der Waals surface area (Å²) in [7, 11) is 0. The molecule has 0 aromatic rings. The van der Waals surface area contributed by atoms with Crippen LogP contribution in [0.4, 0.5) is 0 Å². The van der Waals surface area contributed by atoms with Crippen molar-refractivity contribution in [1.82, 2.24) is 5.32 Å². The number of unbranched alkanes of at least 4 members (excludes halogenated alkanes) is 61. The predicted molar refractivity (Wildman–Crippen MR) is 434 cm³/mol. The third-order valence-corrected chi connectivity index (χ3v) is 23.7. The van der Waals surface area contributed by atoms with Gasteiger partial charge in [-0.3, -0.25) is 4.79 Å². The molecule has 0 radical (unpaired) electrons. The molecule has 3 aliphatic heterocycles. The van der Waals surface area contributed by atoms with E-state index in [-0.39, 0.29) is 18.9 Å². The Morgan fingerprint density at radius 3 is 0.806 bits per heavy atom. The number of ether oxygens (including phenoxy) is 6. The van der Waals surface area contributed by atoms with Gasteiger partial charge in [0.25, 0.3) is 0 Å². The molecule has 12 N–H and O–H groups in total. The van der Waals surface area contributed by atoms with Crippen molar-refractivity contribution in [3.63, 3.8) is 0 Å². The van der Waals surface area contributed by atoms with Crippen LogP contribution in [0.15, 0.2) is 0 Å². The second-order valence-electron chi connectivity index (χ2n) is 33.5. The van der Waals surface area contributed by atoms with Gasteiger partial charge in [0.05, 0.1) is 38.6 Å². The van der Waals surface area contributed by atoms with Crippen LogP contribution < -0.4 is 5.32 Å². The van der Waals surface area contributed by atoms with Crippen molar-refractivity contribution < 1.29 is 89.4 Å². The zero-order valence-electron chi connectivity index (χ0n) is 69.4. The lowest BCUT2D eigenvalue weighted by molar-refractivity contribution is -0.379. The number of carbonyl (C=O) groups is 1. The van der Waals surface area contributed by atoms with Gasteiger partial charge >= 0.3 is 0 Å². The molecule has 3 heterocycles. The average molecular weight is 1550 g/mol. The van der Waals surface area contributed by atoms with E-state index < -0.39 is 124 Å². The molecule has 19 nitrogen and oxygen atoms in total. The minimum atomic E-state index is -1.97. The van der Waals surface area contributed by atoms with Crippen molar-refractivity contribution in [1.29, 1.82) is 0 Å². The summed E-state index contributed by atoms with van der Waals surface area (Å²) in [4.78, 5) is 13.5. The summed E-state index contributed by atoms with van der Waals surface area (Å²) in [6, 6.07) is -0.885. The van der Waals surface area contributed by atoms with Crippen LogP contribution in [0.3, 0.4) is 0 Å². The molecular weight excluding hydrogens is 1370 g/mol. The number of hydrogen-bond acceptors (Lipinski definition) is 18. The summed E-state index contributed by atoms with van der Waals surface area (Å²) in [5.41, 5.74) is 0. The van der Waals surface area contributed by atoms with Gasteiger partial charge in [-0.05, 0) is 12.8 Å². The third-order valence-electron chi connectivity index (χ3n) is 23.7. The van der Waals surface area contributed by atoms with Gasteiger partial charge in [0.15, 0.2) is 18.9 Å². The molecule has 17 atom stereocenters. The van der Waals surface area contributed by atoms with Gasteiger partial charge in [0.1, 0.15) is 73.2 Å². The van der Waals surface area contributed by atoms with Gasteiger partial charge < -0.3 is 89.9 Å². The van der Waals surface area contributed by atoms with Gasteiger partial charge in [-0.2, -0.15) is 0 Å². The van der Waals surface area contributed by atoms with Crippen LogP contribution >= 0.6 is 0 Å². The molecule has 0 aliphatic carbocycles. The molecule has 17 unspecified atom stereocenters. The Morgan fingerprint density at radius 1 is 0.296 bits per heavy atom. The number of aliphatic hydroxyl groups excluding tert-OH is 11. The molecule has 1 amide bonds. The maximum absolute atomic E-state index is 13.5. The van der Waals surface area contributed by atoms with Gasteiger partial charge in [0.2, 0.25) is 5.91 Å². The summed E-state index contributed by atoms with van der Waals surface area (Å²) in [6.45, 7) is 1.90. The highest BCUT2D eigenvalue weighted by Crippen LogP contribution is 2.34. The summed E-state index contributed by atoms with van der Waals surface area (Å²) < 4.78 is 34.6. The highest BCUT2D eigenvalue weighted by Gasteiger charge is 2.54. The van der Waals surface area contributed by atoms with Crippen molar-refractivity contribution in [2.24, 2.45) is 0 Å². The lowest BCUT2D eigenvalue weighted by Gasteiger charge is -2.48. The Kier molecular flexibility index (Phi) is 65.5. The van der Waals surface area contributed by atoms with E-state index in [9.17, 15) is 61.0 Å². The van der Waals surface area contributed by atoms with Crippen LogP contribution in [-0.2, 0) is 33.2 Å². The Hall–Kier alpha value is -1.21. The van der Waals surface area contributed by atoms with Crippen LogP contribution in [0, 0.1) is 0 Å². The molecule has 3 saturated heterocycles. The van der Waals surface area contributed by atoms with Crippen LogP contribution in [0.25, 0.3) is 0 Å². The molecule has 3 fully saturated rings. The second-order valence-corrected chi connectivity index (χ2v) is 33.5. The fourth-order valence-corrected chi connectivity index (χ4v) is 16.3. The first kappa shape index (κ1) is 101. The number of nitrogens with one attached hydrogen (secondary N) is 1. The summed E-state index contributed by atoms with van der Waals surface area (Å²) >= 11 is 0. The van der Waals surface area contributed by atoms with Crippen molar-refractivity contribution in [3.05, 3.63) is 0 Å². The topological polar surface area (TPSA) is 307 Å². The second kappa shape index (κ2) is 70.0. The van der Waals surface area contributed by atoms with E-state index in [1.807, 2.05) is 0 Å². The fraction of sp³-hybridized carbons (Fsp3) is 0.989. The van der Waals surface area contributed by atoms with Crippen molar-refractivity contribution in [2.75, 3.05) is 26.4 Å². The first-order valence-corrected chi connectivity index (χ1v) is 46.3. The van der Waals surface area contributed by atoms with Crippen LogP contribution in [0.5, 0.6) is 0 Å². The first-order chi connectivity index (χ1) is 52.8. The van der Waals surface area contributed by atoms with Crippen LogP contribution in [-0.4, -0.2) is 193 Å². The van der Waals surface area contributed by atoms with Crippen molar-refractivity contribution in [3.8, 4) is 0 Å². The molecular formula is C89H173NO18. The highest BCUT2D eigenvalue weighted by molar-refractivity contribution is 5.76. The normalized spacial score (nSPS) is 25.3. The Balaban J connectivity index is 1.31. The SMILES string of the molecule is CCCCCCCCCCCCCCCCCCCCCCCCCCCCCCCCCCC(=O)NC(COC1OC(CO)C(OC2OC(CO)C(OC3OC(CO)C(O)C(O)C3O)C(O)C2O)C(O)C1O)C(O)CCCCCCCCCCCCCCCCCCCCCCCCCCCCCCCCC. The quantitative estimate of drug-likeness (QED) is 0.0252. The first-order valence-electron chi connectivity index (χ1n) is 46.3. The molecule has 0 aromatic carbocycles. The van der Waals surface area contributed by atoms with Crippen molar-refractivity contribution in [2.45, 2.75) is 535 Å². The van der Waals surface area contributed by atoms with E-state index in [2.05, 4.69) is 19.2 Å². The predicted octanol–water partition coefficient (Wildman–Crippen LogP) is 17.7. The van der Waals surface area contributed by atoms with E-state index in [0.29, 0.717) is 12.8 Å². The van der Waals surface area contributed by atoms with Gasteiger partial charge in [-0.25, -0.2) is 0 Å². The minimum absolute atomic E-state index is 0.230. The summed E-state index contributed by atoms with van der Waals surface area (Å²) in [5, 5.41) is 121. The number of hydrogen-bond donors (Lipinski definition) is 12. The Labute approximate surface area is 659 Å². The number of carbonyl (C=O) groups excluding carboxylic acids is 1.